The molecule has 1 saturated heterocycles. The predicted molar refractivity (Wildman–Crippen MR) is 80.3 cm³/mol. The Hall–Kier alpha value is -1.02. The molecule has 21 heavy (non-hydrogen) atoms. The fourth-order valence-electron chi connectivity index (χ4n) is 2.64. The van der Waals surface area contributed by atoms with Gasteiger partial charge in [-0.05, 0) is 21.1 Å². The highest BCUT2D eigenvalue weighted by Gasteiger charge is 2.24. The van der Waals surface area contributed by atoms with Crippen molar-refractivity contribution in [1.29, 1.82) is 0 Å². The van der Waals surface area contributed by atoms with Gasteiger partial charge in [0.15, 0.2) is 5.82 Å². The monoisotopic (exact) mass is 297 g/mol. The minimum absolute atomic E-state index is 0.201. The van der Waals surface area contributed by atoms with E-state index in [0.717, 1.165) is 31.9 Å². The second-order valence-electron chi connectivity index (χ2n) is 5.85. The van der Waals surface area contributed by atoms with Crippen molar-refractivity contribution in [3.05, 3.63) is 11.7 Å². The van der Waals surface area contributed by atoms with Gasteiger partial charge in [-0.3, -0.25) is 0 Å². The van der Waals surface area contributed by atoms with Gasteiger partial charge < -0.3 is 24.4 Å². The number of hydrogen-bond acceptors (Lipinski definition) is 7. The van der Waals surface area contributed by atoms with Crippen LogP contribution in [0, 0.1) is 0 Å². The van der Waals surface area contributed by atoms with Crippen LogP contribution < -0.4 is 5.32 Å². The number of piperazine rings is 1. The molecule has 120 valence electrons. The third-order valence-corrected chi connectivity index (χ3v) is 4.11. The smallest absolute Gasteiger partial charge is 0.228 e. The molecule has 1 fully saturated rings. The standard InChI is InChI=1S/C14H27N5O2/c1-15-11(10-20-4)7-14-16-13(17-21-14)8-12-9-18(2)5-6-19(12)3/h11-12,15H,5-10H2,1-4H3. The number of likely N-dealkylation sites (N-methyl/N-ethyl adjacent to an activating group) is 3. The number of nitrogens with zero attached hydrogens (tertiary/aromatic N) is 4. The summed E-state index contributed by atoms with van der Waals surface area (Å²) in [6.45, 7) is 3.88. The average Bonchev–Trinajstić information content (AvgIpc) is 2.89. The van der Waals surface area contributed by atoms with E-state index in [4.69, 9.17) is 9.26 Å². The molecule has 1 aliphatic heterocycles. The topological polar surface area (TPSA) is 66.7 Å². The molecule has 7 heteroatoms. The summed E-state index contributed by atoms with van der Waals surface area (Å²) in [6, 6.07) is 0.653. The molecule has 2 atom stereocenters. The minimum Gasteiger partial charge on any atom is -0.383 e. The Balaban J connectivity index is 1.90. The number of hydrogen-bond donors (Lipinski definition) is 1. The second kappa shape index (κ2) is 7.84. The van der Waals surface area contributed by atoms with Gasteiger partial charge in [0.05, 0.1) is 6.61 Å². The summed E-state index contributed by atoms with van der Waals surface area (Å²) in [7, 11) is 7.92. The fourth-order valence-corrected chi connectivity index (χ4v) is 2.64. The van der Waals surface area contributed by atoms with E-state index in [2.05, 4.69) is 39.4 Å². The van der Waals surface area contributed by atoms with Crippen LogP contribution in [0.2, 0.25) is 0 Å². The van der Waals surface area contributed by atoms with Crippen LogP contribution in [-0.2, 0) is 17.6 Å². The van der Waals surface area contributed by atoms with Crippen LogP contribution in [0.4, 0.5) is 0 Å². The molecule has 0 radical (unpaired) electrons. The molecule has 7 nitrogen and oxygen atoms in total. The van der Waals surface area contributed by atoms with Gasteiger partial charge in [0.25, 0.3) is 0 Å². The summed E-state index contributed by atoms with van der Waals surface area (Å²) in [5, 5.41) is 7.30. The number of ether oxygens (including phenoxy) is 1. The van der Waals surface area contributed by atoms with Crippen molar-refractivity contribution in [3.8, 4) is 0 Å². The van der Waals surface area contributed by atoms with Crippen molar-refractivity contribution in [3.63, 3.8) is 0 Å². The van der Waals surface area contributed by atoms with Crippen LogP contribution in [0.25, 0.3) is 0 Å². The van der Waals surface area contributed by atoms with Gasteiger partial charge >= 0.3 is 0 Å². The quantitative estimate of drug-likeness (QED) is 0.737. The summed E-state index contributed by atoms with van der Waals surface area (Å²) >= 11 is 0. The van der Waals surface area contributed by atoms with E-state index in [1.54, 1.807) is 7.11 Å². The second-order valence-corrected chi connectivity index (χ2v) is 5.85. The average molecular weight is 297 g/mol. The molecule has 0 saturated carbocycles. The number of aromatic nitrogens is 2. The largest absolute Gasteiger partial charge is 0.383 e. The SMILES string of the molecule is CNC(COC)Cc1nc(CC2CN(C)CCN2C)no1. The number of rotatable bonds is 7. The minimum atomic E-state index is 0.201. The molecule has 0 spiro atoms. The molecular weight excluding hydrogens is 270 g/mol. The van der Waals surface area contributed by atoms with Crippen molar-refractivity contribution in [1.82, 2.24) is 25.3 Å². The molecule has 0 amide bonds. The first-order chi connectivity index (χ1) is 10.1. The van der Waals surface area contributed by atoms with E-state index < -0.39 is 0 Å². The Morgan fingerprint density at radius 1 is 1.43 bits per heavy atom. The van der Waals surface area contributed by atoms with E-state index in [9.17, 15) is 0 Å². The van der Waals surface area contributed by atoms with Gasteiger partial charge in [-0.25, -0.2) is 0 Å². The molecule has 2 heterocycles. The normalized spacial score (nSPS) is 22.6. The summed E-state index contributed by atoms with van der Waals surface area (Å²) in [6.07, 6.45) is 1.52. The van der Waals surface area contributed by atoms with Crippen LogP contribution >= 0.6 is 0 Å². The lowest BCUT2D eigenvalue weighted by Crippen LogP contribution is -2.50. The maximum absolute atomic E-state index is 5.36. The van der Waals surface area contributed by atoms with Gasteiger partial charge in [0.2, 0.25) is 5.89 Å². The zero-order valence-electron chi connectivity index (χ0n) is 13.5. The van der Waals surface area contributed by atoms with Crippen molar-refractivity contribution < 1.29 is 9.26 Å². The lowest BCUT2D eigenvalue weighted by Gasteiger charge is -2.37. The predicted octanol–water partition coefficient (Wildman–Crippen LogP) is -0.365. The van der Waals surface area contributed by atoms with Crippen molar-refractivity contribution >= 4 is 0 Å². The molecule has 2 unspecified atom stereocenters. The lowest BCUT2D eigenvalue weighted by atomic mass is 10.1. The maximum atomic E-state index is 5.36. The number of methoxy groups -OCH3 is 1. The van der Waals surface area contributed by atoms with Gasteiger partial charge in [-0.1, -0.05) is 5.16 Å². The Morgan fingerprint density at radius 2 is 2.24 bits per heavy atom. The Kier molecular flexibility index (Phi) is 6.10. The number of nitrogens with one attached hydrogen (secondary N) is 1. The first-order valence-corrected chi connectivity index (χ1v) is 7.48. The molecule has 1 aromatic heterocycles. The summed E-state index contributed by atoms with van der Waals surface area (Å²) in [5.74, 6) is 1.47. The van der Waals surface area contributed by atoms with Crippen LogP contribution in [0.3, 0.4) is 0 Å². The van der Waals surface area contributed by atoms with Crippen LogP contribution in [0.15, 0.2) is 4.52 Å². The summed E-state index contributed by atoms with van der Waals surface area (Å²) in [5.41, 5.74) is 0. The first kappa shape index (κ1) is 16.4. The van der Waals surface area contributed by atoms with Crippen LogP contribution in [0.5, 0.6) is 0 Å². The molecule has 2 rings (SSSR count). The van der Waals surface area contributed by atoms with Crippen molar-refractivity contribution in [2.24, 2.45) is 0 Å². The van der Waals surface area contributed by atoms with Gasteiger partial charge in [0.1, 0.15) is 0 Å². The third-order valence-electron chi connectivity index (χ3n) is 4.11. The Labute approximate surface area is 126 Å². The van der Waals surface area contributed by atoms with E-state index in [1.807, 2.05) is 7.05 Å². The molecule has 1 N–H and O–H groups in total. The maximum Gasteiger partial charge on any atom is 0.228 e. The molecular formula is C14H27N5O2. The third kappa shape index (κ3) is 4.74. The van der Waals surface area contributed by atoms with E-state index in [1.165, 1.54) is 0 Å². The Bertz CT molecular complexity index is 425. The first-order valence-electron chi connectivity index (χ1n) is 7.48. The molecule has 1 aromatic rings. The molecule has 0 aromatic carbocycles. The fraction of sp³-hybridized carbons (Fsp3) is 0.857. The van der Waals surface area contributed by atoms with Crippen molar-refractivity contribution in [2.75, 3.05) is 54.5 Å². The van der Waals surface area contributed by atoms with E-state index >= 15 is 0 Å². The lowest BCUT2D eigenvalue weighted by molar-refractivity contribution is 0.113. The highest BCUT2D eigenvalue weighted by Crippen LogP contribution is 2.11. The zero-order chi connectivity index (χ0) is 15.2. The van der Waals surface area contributed by atoms with Crippen LogP contribution in [0.1, 0.15) is 11.7 Å². The zero-order valence-corrected chi connectivity index (χ0v) is 13.5. The molecule has 0 bridgehead atoms. The van der Waals surface area contributed by atoms with E-state index in [0.29, 0.717) is 25.0 Å². The summed E-state index contributed by atoms with van der Waals surface area (Å²) < 4.78 is 10.5. The van der Waals surface area contributed by atoms with Crippen molar-refractivity contribution in [2.45, 2.75) is 24.9 Å². The van der Waals surface area contributed by atoms with E-state index in [-0.39, 0.29) is 6.04 Å². The Morgan fingerprint density at radius 3 is 2.95 bits per heavy atom. The molecule has 1 aliphatic rings. The highest BCUT2D eigenvalue weighted by atomic mass is 16.5. The van der Waals surface area contributed by atoms with Crippen LogP contribution in [-0.4, -0.2) is 86.5 Å². The molecule has 0 aliphatic carbocycles. The summed E-state index contributed by atoms with van der Waals surface area (Å²) in [4.78, 5) is 9.24. The van der Waals surface area contributed by atoms with Gasteiger partial charge in [-0.15, -0.1) is 0 Å². The van der Waals surface area contributed by atoms with Gasteiger partial charge in [-0.2, -0.15) is 4.98 Å². The highest BCUT2D eigenvalue weighted by molar-refractivity contribution is 4.94. The van der Waals surface area contributed by atoms with Gasteiger partial charge in [0, 0.05) is 51.7 Å².